The molecule has 0 aromatic carbocycles. The number of carbonyl (C=O) groups excluding carboxylic acids is 5. The van der Waals surface area contributed by atoms with Crippen molar-refractivity contribution in [2.45, 2.75) is 90.6 Å². The molecule has 220 valence electrons. The van der Waals surface area contributed by atoms with E-state index < -0.39 is 60.2 Å². The van der Waals surface area contributed by atoms with Crippen LogP contribution in [0.1, 0.15) is 66.2 Å². The number of esters is 5. The summed E-state index contributed by atoms with van der Waals surface area (Å²) < 4.78 is 27.6. The fourth-order valence-electron chi connectivity index (χ4n) is 4.44. The second kappa shape index (κ2) is 14.6. The monoisotopic (exact) mass is 560 g/mol. The molecule has 0 radical (unpaired) electrons. The number of hydrogen-bond acceptors (Lipinski definition) is 10. The first-order valence-electron chi connectivity index (χ1n) is 13.3. The zero-order valence-electron chi connectivity index (χ0n) is 23.8. The van der Waals surface area contributed by atoms with Gasteiger partial charge < -0.3 is 23.7 Å². The lowest BCUT2D eigenvalue weighted by Gasteiger charge is -2.36. The van der Waals surface area contributed by atoms with E-state index in [0.717, 1.165) is 0 Å². The third-order valence-corrected chi connectivity index (χ3v) is 6.79. The Morgan fingerprint density at radius 2 is 0.925 bits per heavy atom. The summed E-state index contributed by atoms with van der Waals surface area (Å²) in [6.45, 7) is 20.5. The SMILES string of the molecule is C=C(C)C(=O)OC1CCC(COC(=O)C2CCC(OC(=O)C(=C)C)C(OC(=O)C(=C)C)C2)CC1OC(=O)C(=C)C. The smallest absolute Gasteiger partial charge is 0.333 e. The lowest BCUT2D eigenvalue weighted by atomic mass is 9.84. The number of carbonyl (C=O) groups is 5. The number of ether oxygens (including phenoxy) is 5. The molecule has 0 amide bonds. The zero-order chi connectivity index (χ0) is 30.1. The van der Waals surface area contributed by atoms with Gasteiger partial charge in [-0.25, -0.2) is 19.2 Å². The van der Waals surface area contributed by atoms with Crippen LogP contribution in [0, 0.1) is 11.8 Å². The highest BCUT2D eigenvalue weighted by Crippen LogP contribution is 2.33. The van der Waals surface area contributed by atoms with Crippen LogP contribution in [0.2, 0.25) is 0 Å². The molecule has 0 aromatic heterocycles. The molecule has 2 aliphatic carbocycles. The molecule has 0 heterocycles. The largest absolute Gasteiger partial charge is 0.465 e. The first kappa shape index (κ1) is 32.5. The van der Waals surface area contributed by atoms with Gasteiger partial charge in [-0.3, -0.25) is 4.79 Å². The molecule has 0 aromatic rings. The molecule has 6 atom stereocenters. The van der Waals surface area contributed by atoms with E-state index in [9.17, 15) is 24.0 Å². The van der Waals surface area contributed by atoms with Crippen molar-refractivity contribution in [1.29, 1.82) is 0 Å². The number of hydrogen-bond donors (Lipinski definition) is 0. The average Bonchev–Trinajstić information content (AvgIpc) is 2.88. The topological polar surface area (TPSA) is 132 Å². The molecule has 10 nitrogen and oxygen atoms in total. The van der Waals surface area contributed by atoms with Crippen molar-refractivity contribution in [3.05, 3.63) is 48.6 Å². The van der Waals surface area contributed by atoms with Gasteiger partial charge in [0.2, 0.25) is 0 Å². The third-order valence-electron chi connectivity index (χ3n) is 6.79. The predicted molar refractivity (Wildman–Crippen MR) is 144 cm³/mol. The molecule has 0 spiro atoms. The molecular weight excluding hydrogens is 520 g/mol. The van der Waals surface area contributed by atoms with Crippen LogP contribution in [0.25, 0.3) is 0 Å². The van der Waals surface area contributed by atoms with Crippen molar-refractivity contribution in [1.82, 2.24) is 0 Å². The molecule has 0 bridgehead atoms. The molecule has 0 N–H and O–H groups in total. The van der Waals surface area contributed by atoms with Crippen molar-refractivity contribution in [3.63, 3.8) is 0 Å². The fourth-order valence-corrected chi connectivity index (χ4v) is 4.44. The van der Waals surface area contributed by atoms with Gasteiger partial charge in [-0.1, -0.05) is 26.3 Å². The van der Waals surface area contributed by atoms with Gasteiger partial charge in [-0.2, -0.15) is 0 Å². The van der Waals surface area contributed by atoms with Gasteiger partial charge in [0.15, 0.2) is 0 Å². The summed E-state index contributed by atoms with van der Waals surface area (Å²) in [5.41, 5.74) is 0.839. The quantitative estimate of drug-likeness (QED) is 0.207. The van der Waals surface area contributed by atoms with Gasteiger partial charge in [-0.15, -0.1) is 0 Å². The Morgan fingerprint density at radius 3 is 1.35 bits per heavy atom. The van der Waals surface area contributed by atoms with Crippen LogP contribution in [0.15, 0.2) is 48.6 Å². The Kier molecular flexibility index (Phi) is 11.9. The second-order valence-corrected chi connectivity index (χ2v) is 10.7. The van der Waals surface area contributed by atoms with Crippen molar-refractivity contribution < 1.29 is 47.7 Å². The van der Waals surface area contributed by atoms with Gasteiger partial charge in [-0.05, 0) is 65.7 Å². The first-order chi connectivity index (χ1) is 18.7. The highest BCUT2D eigenvalue weighted by Gasteiger charge is 2.40. The Hall–Kier alpha value is -3.69. The summed E-state index contributed by atoms with van der Waals surface area (Å²) in [4.78, 5) is 61.5. The summed E-state index contributed by atoms with van der Waals surface area (Å²) in [6, 6.07) is 0. The lowest BCUT2D eigenvalue weighted by Crippen LogP contribution is -2.43. The Morgan fingerprint density at radius 1 is 0.550 bits per heavy atom. The maximum Gasteiger partial charge on any atom is 0.333 e. The van der Waals surface area contributed by atoms with Crippen LogP contribution < -0.4 is 0 Å². The number of rotatable bonds is 11. The van der Waals surface area contributed by atoms with Crippen LogP contribution >= 0.6 is 0 Å². The Balaban J connectivity index is 2.02. The molecular formula is C30H40O10. The molecule has 0 saturated heterocycles. The maximum absolute atomic E-state index is 13.0. The molecule has 2 fully saturated rings. The van der Waals surface area contributed by atoms with Gasteiger partial charge in [0, 0.05) is 28.7 Å². The summed E-state index contributed by atoms with van der Waals surface area (Å²) >= 11 is 0. The minimum absolute atomic E-state index is 0.0713. The van der Waals surface area contributed by atoms with Gasteiger partial charge in [0.25, 0.3) is 0 Å². The van der Waals surface area contributed by atoms with Gasteiger partial charge in [0.05, 0.1) is 12.5 Å². The summed E-state index contributed by atoms with van der Waals surface area (Å²) in [5.74, 6) is -3.60. The summed E-state index contributed by atoms with van der Waals surface area (Å²) in [6.07, 6.45) is -0.854. The molecule has 10 heteroatoms. The normalized spacial score (nSPS) is 25.9. The van der Waals surface area contributed by atoms with E-state index in [-0.39, 0.29) is 41.2 Å². The standard InChI is InChI=1S/C30H40O10/c1-16(2)26(31)37-22-11-9-20(13-24(22)39-28(33)18(5)6)15-36-30(35)21-10-12-23(38-27(32)17(3)4)25(14-21)40-29(34)19(7)8/h20-25H,1,3,5,7,9-15H2,2,4,6,8H3. The van der Waals surface area contributed by atoms with E-state index in [1.165, 1.54) is 27.7 Å². The highest BCUT2D eigenvalue weighted by atomic mass is 16.6. The van der Waals surface area contributed by atoms with Crippen LogP contribution in [0.4, 0.5) is 0 Å². The van der Waals surface area contributed by atoms with Crippen molar-refractivity contribution in [2.24, 2.45) is 11.8 Å². The van der Waals surface area contributed by atoms with E-state index in [1.807, 2.05) is 0 Å². The third kappa shape index (κ3) is 9.50. The second-order valence-electron chi connectivity index (χ2n) is 10.7. The molecule has 6 unspecified atom stereocenters. The fraction of sp³-hybridized carbons (Fsp3) is 0.567. The Bertz CT molecular complexity index is 1070. The zero-order valence-corrected chi connectivity index (χ0v) is 23.8. The Labute approximate surface area is 235 Å². The van der Waals surface area contributed by atoms with E-state index in [2.05, 4.69) is 26.3 Å². The molecule has 2 rings (SSSR count). The predicted octanol–water partition coefficient (Wildman–Crippen LogP) is 4.08. The molecule has 40 heavy (non-hydrogen) atoms. The van der Waals surface area contributed by atoms with Crippen molar-refractivity contribution >= 4 is 29.8 Å². The molecule has 0 aliphatic heterocycles. The van der Waals surface area contributed by atoms with E-state index in [1.54, 1.807) is 0 Å². The van der Waals surface area contributed by atoms with Crippen LogP contribution in [-0.2, 0) is 47.7 Å². The summed E-state index contributed by atoms with van der Waals surface area (Å²) in [7, 11) is 0. The summed E-state index contributed by atoms with van der Waals surface area (Å²) in [5, 5.41) is 0. The minimum Gasteiger partial charge on any atom is -0.465 e. The van der Waals surface area contributed by atoms with Crippen LogP contribution in [0.3, 0.4) is 0 Å². The average molecular weight is 561 g/mol. The van der Waals surface area contributed by atoms with Crippen molar-refractivity contribution in [2.75, 3.05) is 6.61 Å². The first-order valence-corrected chi connectivity index (χ1v) is 13.3. The van der Waals surface area contributed by atoms with Crippen LogP contribution in [0.5, 0.6) is 0 Å². The van der Waals surface area contributed by atoms with E-state index in [0.29, 0.717) is 32.1 Å². The van der Waals surface area contributed by atoms with E-state index >= 15 is 0 Å². The maximum atomic E-state index is 13.0. The lowest BCUT2D eigenvalue weighted by molar-refractivity contribution is -0.174. The molecule has 2 aliphatic rings. The highest BCUT2D eigenvalue weighted by molar-refractivity contribution is 5.89. The van der Waals surface area contributed by atoms with Crippen LogP contribution in [-0.4, -0.2) is 60.9 Å². The van der Waals surface area contributed by atoms with Gasteiger partial charge >= 0.3 is 29.8 Å². The van der Waals surface area contributed by atoms with Gasteiger partial charge in [0.1, 0.15) is 24.4 Å². The van der Waals surface area contributed by atoms with E-state index in [4.69, 9.17) is 23.7 Å². The van der Waals surface area contributed by atoms with Crippen molar-refractivity contribution in [3.8, 4) is 0 Å². The molecule has 2 saturated carbocycles. The minimum atomic E-state index is -0.844.